The second kappa shape index (κ2) is 7.18. The summed E-state index contributed by atoms with van der Waals surface area (Å²) in [6.45, 7) is -0.345. The molecule has 1 atom stereocenters. The van der Waals surface area contributed by atoms with Crippen molar-refractivity contribution in [1.82, 2.24) is 20.3 Å². The molecule has 0 fully saturated rings. The van der Waals surface area contributed by atoms with Crippen LogP contribution < -0.4 is 5.32 Å². The van der Waals surface area contributed by atoms with Crippen LogP contribution in [-0.2, 0) is 0 Å². The minimum Gasteiger partial charge on any atom is -0.386 e. The van der Waals surface area contributed by atoms with E-state index in [4.69, 9.17) is 0 Å². The second-order valence-electron chi connectivity index (χ2n) is 5.23. The summed E-state index contributed by atoms with van der Waals surface area (Å²) in [6.07, 6.45) is 1.54. The molecule has 0 saturated carbocycles. The molecule has 0 bridgehead atoms. The van der Waals surface area contributed by atoms with Crippen molar-refractivity contribution >= 4 is 5.91 Å². The molecule has 0 aliphatic heterocycles. The molecular weight excluding hydrogens is 330 g/mol. The Hall–Kier alpha value is -3.13. The van der Waals surface area contributed by atoms with Gasteiger partial charge < -0.3 is 10.4 Å². The first-order valence-electron chi connectivity index (χ1n) is 7.44. The number of carbonyl (C=O) groups excluding carboxylic acids is 1. The number of carbonyl (C=O) groups is 1. The number of hydrogen-bond donors (Lipinski definition) is 2. The number of hydrogen-bond acceptors (Lipinski definition) is 4. The average Bonchev–Trinajstić information content (AvgIpc) is 3.14. The predicted molar refractivity (Wildman–Crippen MR) is 85.0 cm³/mol. The lowest BCUT2D eigenvalue weighted by atomic mass is 10.1. The molecule has 0 radical (unpaired) electrons. The van der Waals surface area contributed by atoms with Crippen molar-refractivity contribution in [2.75, 3.05) is 6.54 Å². The molecule has 0 unspecified atom stereocenters. The Kier molecular flexibility index (Phi) is 4.80. The third-order valence-electron chi connectivity index (χ3n) is 3.61. The number of halogens is 2. The summed E-state index contributed by atoms with van der Waals surface area (Å²) in [5.41, 5.74) is 0.297. The number of aromatic nitrogens is 3. The van der Waals surface area contributed by atoms with E-state index in [0.29, 0.717) is 5.69 Å². The highest BCUT2D eigenvalue weighted by molar-refractivity contribution is 5.97. The smallest absolute Gasteiger partial charge is 0.253 e. The Balaban J connectivity index is 1.76. The maximum Gasteiger partial charge on any atom is 0.253 e. The van der Waals surface area contributed by atoms with E-state index >= 15 is 0 Å². The number of rotatable bonds is 5. The molecule has 1 heterocycles. The Bertz CT molecular complexity index is 864. The fourth-order valence-electron chi connectivity index (χ4n) is 2.42. The lowest BCUT2D eigenvalue weighted by Gasteiger charge is -2.15. The molecule has 0 saturated heterocycles. The second-order valence-corrected chi connectivity index (χ2v) is 5.23. The summed E-state index contributed by atoms with van der Waals surface area (Å²) in [4.78, 5) is 12.4. The molecule has 6 nitrogen and oxygen atoms in total. The van der Waals surface area contributed by atoms with Crippen LogP contribution in [0.2, 0.25) is 0 Å². The van der Waals surface area contributed by atoms with Crippen LogP contribution in [0.3, 0.4) is 0 Å². The molecule has 128 valence electrons. The number of nitrogens with one attached hydrogen (secondary N) is 1. The molecule has 0 aliphatic rings. The summed E-state index contributed by atoms with van der Waals surface area (Å²) in [6, 6.07) is 9.94. The molecule has 3 aromatic rings. The normalized spacial score (nSPS) is 12.0. The van der Waals surface area contributed by atoms with Gasteiger partial charge in [0.05, 0.1) is 29.2 Å². The standard InChI is InChI=1S/C17H14F2N4O2/c18-12-5-3-6-13(19)16(12)15(24)10-20-17(25)11-4-1-2-7-14(11)23-9-8-21-22-23/h1-9,15,24H,10H2,(H,20,25)/t15-/m1/s1. The van der Waals surface area contributed by atoms with Gasteiger partial charge in [-0.25, -0.2) is 13.5 Å². The van der Waals surface area contributed by atoms with Crippen molar-refractivity contribution in [2.24, 2.45) is 0 Å². The lowest BCUT2D eigenvalue weighted by molar-refractivity contribution is 0.0911. The fraction of sp³-hybridized carbons (Fsp3) is 0.118. The number of nitrogens with zero attached hydrogens (tertiary/aromatic N) is 3. The SMILES string of the molecule is O=C(NC[C@@H](O)c1c(F)cccc1F)c1ccccc1-n1ccnn1. The number of aliphatic hydroxyl groups is 1. The van der Waals surface area contributed by atoms with Crippen LogP contribution >= 0.6 is 0 Å². The largest absolute Gasteiger partial charge is 0.386 e. The highest BCUT2D eigenvalue weighted by Crippen LogP contribution is 2.20. The Morgan fingerprint density at radius 2 is 1.88 bits per heavy atom. The molecular formula is C17H14F2N4O2. The molecule has 1 amide bonds. The summed E-state index contributed by atoms with van der Waals surface area (Å²) in [5, 5.41) is 20.0. The van der Waals surface area contributed by atoms with Crippen LogP contribution in [0.1, 0.15) is 22.0 Å². The van der Waals surface area contributed by atoms with Crippen LogP contribution in [0.4, 0.5) is 8.78 Å². The van der Waals surface area contributed by atoms with Gasteiger partial charge in [0, 0.05) is 6.54 Å². The zero-order chi connectivity index (χ0) is 17.8. The number of para-hydroxylation sites is 1. The number of benzene rings is 2. The summed E-state index contributed by atoms with van der Waals surface area (Å²) < 4.78 is 28.8. The number of aliphatic hydroxyl groups excluding tert-OH is 1. The Morgan fingerprint density at radius 3 is 2.56 bits per heavy atom. The molecule has 8 heteroatoms. The maximum atomic E-state index is 13.7. The van der Waals surface area contributed by atoms with Gasteiger partial charge in [0.25, 0.3) is 5.91 Å². The van der Waals surface area contributed by atoms with Gasteiger partial charge in [-0.15, -0.1) is 5.10 Å². The summed E-state index contributed by atoms with van der Waals surface area (Å²) in [7, 11) is 0. The highest BCUT2D eigenvalue weighted by Gasteiger charge is 2.20. The topological polar surface area (TPSA) is 80.0 Å². The van der Waals surface area contributed by atoms with Crippen molar-refractivity contribution in [1.29, 1.82) is 0 Å². The van der Waals surface area contributed by atoms with Crippen LogP contribution in [0, 0.1) is 11.6 Å². The first-order valence-corrected chi connectivity index (χ1v) is 7.44. The molecule has 25 heavy (non-hydrogen) atoms. The number of amides is 1. The van der Waals surface area contributed by atoms with E-state index in [1.165, 1.54) is 16.9 Å². The third kappa shape index (κ3) is 3.53. The average molecular weight is 344 g/mol. The van der Waals surface area contributed by atoms with Crippen LogP contribution in [0.25, 0.3) is 5.69 Å². The zero-order valence-electron chi connectivity index (χ0n) is 12.9. The summed E-state index contributed by atoms with van der Waals surface area (Å²) >= 11 is 0. The van der Waals surface area contributed by atoms with E-state index in [0.717, 1.165) is 12.1 Å². The van der Waals surface area contributed by atoms with Crippen molar-refractivity contribution in [2.45, 2.75) is 6.10 Å². The minimum atomic E-state index is -1.51. The molecule has 0 aliphatic carbocycles. The van der Waals surface area contributed by atoms with Gasteiger partial charge in [-0.05, 0) is 24.3 Å². The fourth-order valence-corrected chi connectivity index (χ4v) is 2.42. The molecule has 2 N–H and O–H groups in total. The quantitative estimate of drug-likeness (QED) is 0.742. The molecule has 2 aromatic carbocycles. The van der Waals surface area contributed by atoms with Crippen molar-refractivity contribution < 1.29 is 18.7 Å². The van der Waals surface area contributed by atoms with Crippen LogP contribution in [-0.4, -0.2) is 32.6 Å². The van der Waals surface area contributed by atoms with Gasteiger partial charge in [0.1, 0.15) is 17.7 Å². The van der Waals surface area contributed by atoms with Gasteiger partial charge in [-0.3, -0.25) is 4.79 Å². The van der Waals surface area contributed by atoms with Gasteiger partial charge >= 0.3 is 0 Å². The third-order valence-corrected chi connectivity index (χ3v) is 3.61. The Morgan fingerprint density at radius 1 is 1.16 bits per heavy atom. The van der Waals surface area contributed by atoms with E-state index in [1.54, 1.807) is 30.5 Å². The van der Waals surface area contributed by atoms with E-state index in [-0.39, 0.29) is 12.1 Å². The predicted octanol–water partition coefficient (Wildman–Crippen LogP) is 2.01. The zero-order valence-corrected chi connectivity index (χ0v) is 12.9. The Labute approximate surface area is 141 Å². The molecule has 3 rings (SSSR count). The van der Waals surface area contributed by atoms with Crippen LogP contribution in [0.5, 0.6) is 0 Å². The van der Waals surface area contributed by atoms with Crippen LogP contribution in [0.15, 0.2) is 54.9 Å². The molecule has 0 spiro atoms. The summed E-state index contributed by atoms with van der Waals surface area (Å²) in [5.74, 6) is -2.25. The first kappa shape index (κ1) is 16.7. The van der Waals surface area contributed by atoms with Crippen molar-refractivity contribution in [3.8, 4) is 5.69 Å². The van der Waals surface area contributed by atoms with E-state index < -0.39 is 29.2 Å². The maximum absolute atomic E-state index is 13.7. The first-order chi connectivity index (χ1) is 12.1. The van der Waals surface area contributed by atoms with Gasteiger partial charge in [-0.2, -0.15) is 0 Å². The van der Waals surface area contributed by atoms with Gasteiger partial charge in [-0.1, -0.05) is 23.4 Å². The van der Waals surface area contributed by atoms with Crippen molar-refractivity contribution in [3.05, 3.63) is 77.6 Å². The lowest BCUT2D eigenvalue weighted by Crippen LogP contribution is -2.30. The van der Waals surface area contributed by atoms with E-state index in [9.17, 15) is 18.7 Å². The van der Waals surface area contributed by atoms with Gasteiger partial charge in [0.15, 0.2) is 0 Å². The molecule has 1 aromatic heterocycles. The monoisotopic (exact) mass is 344 g/mol. The minimum absolute atomic E-state index is 0.286. The van der Waals surface area contributed by atoms with E-state index in [1.807, 2.05) is 0 Å². The van der Waals surface area contributed by atoms with E-state index in [2.05, 4.69) is 15.6 Å². The van der Waals surface area contributed by atoms with Gasteiger partial charge in [0.2, 0.25) is 0 Å². The highest BCUT2D eigenvalue weighted by atomic mass is 19.1. The van der Waals surface area contributed by atoms with Crippen molar-refractivity contribution in [3.63, 3.8) is 0 Å².